The highest BCUT2D eigenvalue weighted by molar-refractivity contribution is 6.31. The van der Waals surface area contributed by atoms with Gasteiger partial charge in [0.05, 0.1) is 7.11 Å². The van der Waals surface area contributed by atoms with Crippen LogP contribution in [0, 0.1) is 0 Å². The van der Waals surface area contributed by atoms with Gasteiger partial charge in [0.25, 0.3) is 0 Å². The van der Waals surface area contributed by atoms with E-state index in [2.05, 4.69) is 0 Å². The van der Waals surface area contributed by atoms with Crippen LogP contribution >= 0.6 is 11.6 Å². The van der Waals surface area contributed by atoms with Gasteiger partial charge in [-0.25, -0.2) is 4.79 Å². The number of benzene rings is 1. The molecule has 21 heavy (non-hydrogen) atoms. The van der Waals surface area contributed by atoms with Gasteiger partial charge in [0, 0.05) is 11.4 Å². The van der Waals surface area contributed by atoms with Crippen LogP contribution in [-0.4, -0.2) is 31.1 Å². The van der Waals surface area contributed by atoms with Crippen molar-refractivity contribution in [2.75, 3.05) is 7.11 Å². The number of methoxy groups -OCH3 is 1. The number of ether oxygens (including phenoxy) is 3. The molecule has 0 aromatic heterocycles. The third-order valence-corrected chi connectivity index (χ3v) is 4.30. The molecule has 2 rings (SSSR count). The summed E-state index contributed by atoms with van der Waals surface area (Å²) in [6.45, 7) is 3.96. The second kappa shape index (κ2) is 6.77. The van der Waals surface area contributed by atoms with Crippen LogP contribution in [0.5, 0.6) is 0 Å². The Labute approximate surface area is 130 Å². The quantitative estimate of drug-likeness (QED) is 0.782. The number of rotatable bonds is 5. The molecule has 1 aliphatic heterocycles. The van der Waals surface area contributed by atoms with Crippen molar-refractivity contribution in [1.82, 2.24) is 0 Å². The Morgan fingerprint density at radius 1 is 1.29 bits per heavy atom. The van der Waals surface area contributed by atoms with Gasteiger partial charge in [-0.15, -0.1) is 0 Å². The zero-order chi connectivity index (χ0) is 15.5. The van der Waals surface area contributed by atoms with Gasteiger partial charge in [-0.2, -0.15) is 0 Å². The lowest BCUT2D eigenvalue weighted by molar-refractivity contribution is -0.187. The van der Waals surface area contributed by atoms with Crippen LogP contribution < -0.4 is 0 Å². The summed E-state index contributed by atoms with van der Waals surface area (Å²) in [5, 5.41) is 0.662. The van der Waals surface area contributed by atoms with Gasteiger partial charge in [0.15, 0.2) is 11.9 Å². The molecule has 0 saturated carbocycles. The molecule has 5 heteroatoms. The lowest BCUT2D eigenvalue weighted by Crippen LogP contribution is -2.34. The highest BCUT2D eigenvalue weighted by Crippen LogP contribution is 2.36. The van der Waals surface area contributed by atoms with Gasteiger partial charge in [-0.1, -0.05) is 43.6 Å². The Kier molecular flexibility index (Phi) is 5.25. The maximum atomic E-state index is 12.0. The van der Waals surface area contributed by atoms with Crippen LogP contribution in [0.2, 0.25) is 5.02 Å². The molecule has 2 unspecified atom stereocenters. The number of carbonyl (C=O) groups excluding carboxylic acids is 1. The average Bonchev–Trinajstić information content (AvgIpc) is 2.88. The van der Waals surface area contributed by atoms with E-state index in [1.165, 1.54) is 7.11 Å². The molecule has 2 atom stereocenters. The van der Waals surface area contributed by atoms with E-state index in [9.17, 15) is 4.79 Å². The fourth-order valence-electron chi connectivity index (χ4n) is 2.60. The Bertz CT molecular complexity index is 499. The van der Waals surface area contributed by atoms with Crippen molar-refractivity contribution in [2.45, 2.75) is 51.1 Å². The molecule has 0 N–H and O–H groups in total. The van der Waals surface area contributed by atoms with Gasteiger partial charge in [-0.3, -0.25) is 0 Å². The lowest BCUT2D eigenvalue weighted by atomic mass is 10.0. The van der Waals surface area contributed by atoms with Crippen LogP contribution in [-0.2, 0) is 25.4 Å². The summed E-state index contributed by atoms with van der Waals surface area (Å²) in [5.74, 6) is -1.12. The highest BCUT2D eigenvalue weighted by Gasteiger charge is 2.49. The Morgan fingerprint density at radius 3 is 2.52 bits per heavy atom. The molecule has 116 valence electrons. The van der Waals surface area contributed by atoms with Crippen LogP contribution in [0.15, 0.2) is 24.3 Å². The first-order valence-corrected chi connectivity index (χ1v) is 7.60. The summed E-state index contributed by atoms with van der Waals surface area (Å²) < 4.78 is 16.8. The second-order valence-electron chi connectivity index (χ2n) is 5.13. The number of carbonyl (C=O) groups is 1. The number of hydrogen-bond donors (Lipinski definition) is 0. The van der Waals surface area contributed by atoms with Gasteiger partial charge >= 0.3 is 5.97 Å². The average molecular weight is 313 g/mol. The Balaban J connectivity index is 2.22. The summed E-state index contributed by atoms with van der Waals surface area (Å²) in [4.78, 5) is 12.0. The van der Waals surface area contributed by atoms with Crippen molar-refractivity contribution in [3.8, 4) is 0 Å². The fraction of sp³-hybridized carbons (Fsp3) is 0.562. The largest absolute Gasteiger partial charge is 0.467 e. The fourth-order valence-corrected chi connectivity index (χ4v) is 2.81. The van der Waals surface area contributed by atoms with Crippen LogP contribution in [0.25, 0.3) is 0 Å². The van der Waals surface area contributed by atoms with Gasteiger partial charge in [0.1, 0.15) is 6.10 Å². The lowest BCUT2D eigenvalue weighted by Gasteiger charge is -2.25. The monoisotopic (exact) mass is 312 g/mol. The van der Waals surface area contributed by atoms with E-state index in [-0.39, 0.29) is 0 Å². The molecular weight excluding hydrogens is 292 g/mol. The molecule has 0 amide bonds. The van der Waals surface area contributed by atoms with Crippen molar-refractivity contribution in [1.29, 1.82) is 0 Å². The van der Waals surface area contributed by atoms with Crippen molar-refractivity contribution in [3.05, 3.63) is 34.9 Å². The highest BCUT2D eigenvalue weighted by atomic mass is 35.5. The van der Waals surface area contributed by atoms with Gasteiger partial charge in [-0.05, 0) is 24.5 Å². The van der Waals surface area contributed by atoms with E-state index in [0.29, 0.717) is 24.3 Å². The summed E-state index contributed by atoms with van der Waals surface area (Å²) in [6, 6.07) is 7.54. The number of esters is 1. The second-order valence-corrected chi connectivity index (χ2v) is 5.54. The zero-order valence-electron chi connectivity index (χ0n) is 12.6. The minimum absolute atomic E-state index is 0.391. The summed E-state index contributed by atoms with van der Waals surface area (Å²) in [5.41, 5.74) is 0.935. The van der Waals surface area contributed by atoms with Gasteiger partial charge in [0.2, 0.25) is 0 Å². The molecule has 0 bridgehead atoms. The van der Waals surface area contributed by atoms with E-state index in [1.54, 1.807) is 0 Å². The van der Waals surface area contributed by atoms with Gasteiger partial charge < -0.3 is 14.2 Å². The molecule has 0 spiro atoms. The van der Waals surface area contributed by atoms with Crippen LogP contribution in [0.3, 0.4) is 0 Å². The smallest absolute Gasteiger partial charge is 0.337 e. The molecule has 1 aromatic rings. The van der Waals surface area contributed by atoms with Crippen molar-refractivity contribution < 1.29 is 19.0 Å². The van der Waals surface area contributed by atoms with Crippen LogP contribution in [0.4, 0.5) is 0 Å². The summed E-state index contributed by atoms with van der Waals surface area (Å²) in [6.07, 6.45) is 0.760. The molecule has 1 fully saturated rings. The maximum Gasteiger partial charge on any atom is 0.337 e. The predicted molar refractivity (Wildman–Crippen MR) is 80.2 cm³/mol. The molecule has 1 aromatic carbocycles. The normalized spacial score (nSPS) is 24.0. The first kappa shape index (κ1) is 16.3. The first-order valence-electron chi connectivity index (χ1n) is 7.22. The predicted octanol–water partition coefficient (Wildman–Crippen LogP) is 3.36. The molecule has 0 radical (unpaired) electrons. The standard InChI is InChI=1S/C16H21ClO4/c1-4-16(5-2)20-13(14(21-16)15(18)19-3)10-11-8-6-7-9-12(11)17/h6-9,13-14H,4-5,10H2,1-3H3. The number of hydrogen-bond acceptors (Lipinski definition) is 4. The number of halogens is 1. The third-order valence-electron chi connectivity index (χ3n) is 3.94. The molecule has 0 aliphatic carbocycles. The minimum Gasteiger partial charge on any atom is -0.467 e. The third kappa shape index (κ3) is 3.39. The molecule has 4 nitrogen and oxygen atoms in total. The molecule has 1 aliphatic rings. The topological polar surface area (TPSA) is 44.8 Å². The minimum atomic E-state index is -0.717. The van der Waals surface area contributed by atoms with E-state index < -0.39 is 24.0 Å². The van der Waals surface area contributed by atoms with E-state index in [0.717, 1.165) is 5.56 Å². The Hall–Kier alpha value is -1.10. The molecule has 1 heterocycles. The van der Waals surface area contributed by atoms with E-state index in [1.807, 2.05) is 38.1 Å². The SMILES string of the molecule is CCC1(CC)OC(Cc2ccccc2Cl)C(C(=O)OC)O1. The molecule has 1 saturated heterocycles. The maximum absolute atomic E-state index is 12.0. The molecular formula is C16H21ClO4. The summed E-state index contributed by atoms with van der Waals surface area (Å²) in [7, 11) is 1.36. The Morgan fingerprint density at radius 2 is 1.95 bits per heavy atom. The van der Waals surface area contributed by atoms with E-state index in [4.69, 9.17) is 25.8 Å². The zero-order valence-corrected chi connectivity index (χ0v) is 13.4. The van der Waals surface area contributed by atoms with Crippen LogP contribution in [0.1, 0.15) is 32.3 Å². The first-order chi connectivity index (χ1) is 10.0. The van der Waals surface area contributed by atoms with Crippen molar-refractivity contribution in [3.63, 3.8) is 0 Å². The van der Waals surface area contributed by atoms with E-state index >= 15 is 0 Å². The summed E-state index contributed by atoms with van der Waals surface area (Å²) >= 11 is 6.19. The van der Waals surface area contributed by atoms with Crippen molar-refractivity contribution >= 4 is 17.6 Å². The van der Waals surface area contributed by atoms with Crippen molar-refractivity contribution in [2.24, 2.45) is 0 Å².